The molecule has 0 unspecified atom stereocenters. The largest absolute Gasteiger partial charge is 0.493 e. The summed E-state index contributed by atoms with van der Waals surface area (Å²) in [6.45, 7) is 9.15. The van der Waals surface area contributed by atoms with Crippen LogP contribution in [0, 0.1) is 11.7 Å². The van der Waals surface area contributed by atoms with Crippen LogP contribution in [0.5, 0.6) is 5.75 Å². The quantitative estimate of drug-likeness (QED) is 0.374. The highest BCUT2D eigenvalue weighted by atomic mass is 35.5. The molecule has 1 saturated heterocycles. The zero-order chi connectivity index (χ0) is 24.1. The number of morpholine rings is 1. The Hall–Kier alpha value is -2.48. The molecule has 182 valence electrons. The molecular weight excluding hydrogens is 457 g/mol. The number of pyridine rings is 1. The molecule has 8 heteroatoms. The zero-order valence-electron chi connectivity index (χ0n) is 19.7. The van der Waals surface area contributed by atoms with E-state index in [-0.39, 0.29) is 23.1 Å². The SMILES string of the molecule is CC(C)CC(=O)Cc1c(-c2ccc(F)c(Cl)c2)nc2cc(OCCCN3CCOCC3)ccn12. The molecule has 34 heavy (non-hydrogen) atoms. The van der Waals surface area contributed by atoms with Crippen LogP contribution in [0.25, 0.3) is 16.9 Å². The average Bonchev–Trinajstić information content (AvgIpc) is 3.16. The predicted octanol–water partition coefficient (Wildman–Crippen LogP) is 5.05. The lowest BCUT2D eigenvalue weighted by atomic mass is 10.0. The lowest BCUT2D eigenvalue weighted by Gasteiger charge is -2.26. The standard InChI is InChI=1S/C26H31ClFN3O3/c1-18(2)14-20(32)16-24-26(19-4-5-23(28)22(27)15-19)29-25-17-21(6-8-31(24)25)34-11-3-7-30-9-12-33-13-10-30/h4-6,8,15,17-18H,3,7,9-14,16H2,1-2H3. The Morgan fingerprint density at radius 3 is 2.76 bits per heavy atom. The molecule has 0 N–H and O–H groups in total. The van der Waals surface area contributed by atoms with Crippen molar-refractivity contribution in [3.05, 3.63) is 53.1 Å². The zero-order valence-corrected chi connectivity index (χ0v) is 20.5. The molecule has 0 bridgehead atoms. The molecule has 0 amide bonds. The molecule has 1 fully saturated rings. The smallest absolute Gasteiger partial charge is 0.141 e. The van der Waals surface area contributed by atoms with E-state index < -0.39 is 5.82 Å². The third kappa shape index (κ3) is 6.14. The van der Waals surface area contributed by atoms with Gasteiger partial charge in [0.2, 0.25) is 0 Å². The lowest BCUT2D eigenvalue weighted by Crippen LogP contribution is -2.37. The van der Waals surface area contributed by atoms with Crippen LogP contribution < -0.4 is 4.74 Å². The molecule has 0 spiro atoms. The minimum atomic E-state index is -0.487. The second kappa shape index (κ2) is 11.3. The van der Waals surface area contributed by atoms with Crippen LogP contribution in [-0.2, 0) is 16.0 Å². The van der Waals surface area contributed by atoms with Crippen molar-refractivity contribution < 1.29 is 18.7 Å². The molecule has 2 aromatic heterocycles. The van der Waals surface area contributed by atoms with E-state index in [1.54, 1.807) is 12.1 Å². The fourth-order valence-electron chi connectivity index (χ4n) is 4.23. The van der Waals surface area contributed by atoms with Crippen molar-refractivity contribution in [2.75, 3.05) is 39.5 Å². The number of ketones is 1. The first-order valence-electron chi connectivity index (χ1n) is 11.8. The first-order valence-corrected chi connectivity index (χ1v) is 12.2. The van der Waals surface area contributed by atoms with Crippen LogP contribution in [0.3, 0.4) is 0 Å². The van der Waals surface area contributed by atoms with Crippen molar-refractivity contribution in [3.63, 3.8) is 0 Å². The second-order valence-electron chi connectivity index (χ2n) is 9.10. The van der Waals surface area contributed by atoms with Crippen LogP contribution in [-0.4, -0.2) is 59.5 Å². The summed E-state index contributed by atoms with van der Waals surface area (Å²) in [4.78, 5) is 19.8. The Balaban J connectivity index is 1.54. The highest BCUT2D eigenvalue weighted by molar-refractivity contribution is 6.31. The number of hydrogen-bond donors (Lipinski definition) is 0. The van der Waals surface area contributed by atoms with Crippen LogP contribution in [0.4, 0.5) is 4.39 Å². The number of carbonyl (C=O) groups excluding carboxylic acids is 1. The molecule has 0 aliphatic carbocycles. The fourth-order valence-corrected chi connectivity index (χ4v) is 4.41. The number of fused-ring (bicyclic) bond motifs is 1. The molecule has 4 rings (SSSR count). The van der Waals surface area contributed by atoms with E-state index in [0.717, 1.165) is 50.7 Å². The van der Waals surface area contributed by atoms with E-state index in [9.17, 15) is 9.18 Å². The third-order valence-electron chi connectivity index (χ3n) is 5.88. The van der Waals surface area contributed by atoms with E-state index in [4.69, 9.17) is 26.1 Å². The number of Topliss-reactive ketones (excluding diaryl/α,β-unsaturated/α-hetero) is 1. The van der Waals surface area contributed by atoms with Crippen LogP contribution >= 0.6 is 11.6 Å². The summed E-state index contributed by atoms with van der Waals surface area (Å²) >= 11 is 6.03. The normalized spacial score (nSPS) is 14.7. The maximum absolute atomic E-state index is 13.8. The fraction of sp³-hybridized carbons (Fsp3) is 0.462. The minimum Gasteiger partial charge on any atom is -0.493 e. The first kappa shape index (κ1) is 24.6. The number of carbonyl (C=O) groups is 1. The van der Waals surface area contributed by atoms with Gasteiger partial charge in [0.15, 0.2) is 0 Å². The summed E-state index contributed by atoms with van der Waals surface area (Å²) in [6.07, 6.45) is 3.53. The van der Waals surface area contributed by atoms with Gasteiger partial charge in [0.1, 0.15) is 23.0 Å². The Morgan fingerprint density at radius 1 is 1.24 bits per heavy atom. The first-order chi connectivity index (χ1) is 16.4. The number of aromatic nitrogens is 2. The predicted molar refractivity (Wildman–Crippen MR) is 131 cm³/mol. The van der Waals surface area contributed by atoms with Gasteiger partial charge in [0.25, 0.3) is 0 Å². The van der Waals surface area contributed by atoms with Crippen molar-refractivity contribution >= 4 is 23.0 Å². The van der Waals surface area contributed by atoms with Crippen LogP contribution in [0.2, 0.25) is 5.02 Å². The number of ether oxygens (including phenoxy) is 2. The second-order valence-corrected chi connectivity index (χ2v) is 9.50. The van der Waals surface area contributed by atoms with Crippen LogP contribution in [0.1, 0.15) is 32.4 Å². The van der Waals surface area contributed by atoms with Crippen LogP contribution in [0.15, 0.2) is 36.5 Å². The average molecular weight is 488 g/mol. The van der Waals surface area contributed by atoms with Gasteiger partial charge in [-0.2, -0.15) is 0 Å². The molecule has 1 aliphatic rings. The minimum absolute atomic E-state index is 0.0262. The summed E-state index contributed by atoms with van der Waals surface area (Å²) in [7, 11) is 0. The van der Waals surface area contributed by atoms with Gasteiger partial charge in [-0.3, -0.25) is 9.69 Å². The third-order valence-corrected chi connectivity index (χ3v) is 6.17. The number of nitrogens with zero attached hydrogens (tertiary/aromatic N) is 3. The number of hydrogen-bond acceptors (Lipinski definition) is 5. The molecular formula is C26H31ClFN3O3. The highest BCUT2D eigenvalue weighted by Crippen LogP contribution is 2.30. The number of benzene rings is 1. The highest BCUT2D eigenvalue weighted by Gasteiger charge is 2.19. The number of rotatable bonds is 10. The molecule has 6 nitrogen and oxygen atoms in total. The summed E-state index contributed by atoms with van der Waals surface area (Å²) in [5.74, 6) is 0.644. The molecule has 1 aliphatic heterocycles. The molecule has 0 atom stereocenters. The molecule has 0 radical (unpaired) electrons. The van der Waals surface area contributed by atoms with Crippen molar-refractivity contribution in [1.82, 2.24) is 14.3 Å². The monoisotopic (exact) mass is 487 g/mol. The number of halogens is 2. The number of imidazole rings is 1. The Labute approximate surface area is 204 Å². The maximum atomic E-state index is 13.8. The van der Waals surface area contributed by atoms with Gasteiger partial charge in [0.05, 0.1) is 36.2 Å². The maximum Gasteiger partial charge on any atom is 0.141 e. The molecule has 3 aromatic rings. The molecule has 1 aromatic carbocycles. The summed E-state index contributed by atoms with van der Waals surface area (Å²) in [5.41, 5.74) is 2.74. The van der Waals surface area contributed by atoms with Crippen molar-refractivity contribution in [3.8, 4) is 17.0 Å². The summed E-state index contributed by atoms with van der Waals surface area (Å²) in [6, 6.07) is 8.28. The van der Waals surface area contributed by atoms with E-state index in [2.05, 4.69) is 4.90 Å². The van der Waals surface area contributed by atoms with Crippen molar-refractivity contribution in [2.45, 2.75) is 33.1 Å². The van der Waals surface area contributed by atoms with Gasteiger partial charge in [-0.15, -0.1) is 0 Å². The van der Waals surface area contributed by atoms with E-state index in [1.807, 2.05) is 36.6 Å². The van der Waals surface area contributed by atoms with Gasteiger partial charge < -0.3 is 13.9 Å². The van der Waals surface area contributed by atoms with E-state index >= 15 is 0 Å². The Bertz CT molecular complexity index is 1140. The van der Waals surface area contributed by atoms with E-state index in [1.165, 1.54) is 6.07 Å². The van der Waals surface area contributed by atoms with Gasteiger partial charge in [0, 0.05) is 50.3 Å². The molecule has 3 heterocycles. The lowest BCUT2D eigenvalue weighted by molar-refractivity contribution is -0.119. The van der Waals surface area contributed by atoms with Crippen molar-refractivity contribution in [1.29, 1.82) is 0 Å². The van der Waals surface area contributed by atoms with Crippen molar-refractivity contribution in [2.24, 2.45) is 5.92 Å². The Kier molecular flexibility index (Phi) is 8.19. The molecule has 0 saturated carbocycles. The van der Waals surface area contributed by atoms with Gasteiger partial charge in [-0.1, -0.05) is 25.4 Å². The Morgan fingerprint density at radius 2 is 2.03 bits per heavy atom. The summed E-state index contributed by atoms with van der Waals surface area (Å²) < 4.78 is 27.0. The van der Waals surface area contributed by atoms with Gasteiger partial charge in [-0.25, -0.2) is 9.37 Å². The van der Waals surface area contributed by atoms with Gasteiger partial charge in [-0.05, 0) is 36.6 Å². The topological polar surface area (TPSA) is 56.1 Å². The van der Waals surface area contributed by atoms with E-state index in [0.29, 0.717) is 29.9 Å². The van der Waals surface area contributed by atoms with Gasteiger partial charge >= 0.3 is 0 Å². The summed E-state index contributed by atoms with van der Waals surface area (Å²) in [5, 5.41) is 0.0262.